The van der Waals surface area contributed by atoms with Crippen LogP contribution < -0.4 is 10.4 Å². The van der Waals surface area contributed by atoms with E-state index in [0.717, 1.165) is 6.42 Å². The summed E-state index contributed by atoms with van der Waals surface area (Å²) in [5.41, 5.74) is 1.34. The van der Waals surface area contributed by atoms with Gasteiger partial charge in [0.2, 0.25) is 10.0 Å². The number of aromatic nitrogens is 2. The Morgan fingerprint density at radius 3 is 2.44 bits per heavy atom. The van der Waals surface area contributed by atoms with Crippen molar-refractivity contribution >= 4 is 21.1 Å². The number of H-pyrrole nitrogens is 2. The summed E-state index contributed by atoms with van der Waals surface area (Å²) in [4.78, 5) is 16.5. The lowest BCUT2D eigenvalue weighted by Gasteiger charge is -2.08. The third-order valence-corrected chi connectivity index (χ3v) is 4.25. The normalized spacial score (nSPS) is 12.1. The molecule has 0 aliphatic carbocycles. The molecule has 0 amide bonds. The van der Waals surface area contributed by atoms with E-state index in [0.29, 0.717) is 23.1 Å². The number of rotatable bonds is 4. The van der Waals surface area contributed by atoms with Gasteiger partial charge in [-0.15, -0.1) is 0 Å². The Balaban J connectivity index is 2.56. The average Bonchev–Trinajstić information content (AvgIpc) is 2.64. The monoisotopic (exact) mass is 269 g/mol. The summed E-state index contributed by atoms with van der Waals surface area (Å²) in [5.74, 6) is 0. The minimum absolute atomic E-state index is 0.193. The molecule has 18 heavy (non-hydrogen) atoms. The Bertz CT molecular complexity index is 728. The highest BCUT2D eigenvalue weighted by atomic mass is 32.2. The number of fused-ring (bicyclic) bond motifs is 1. The molecule has 0 fully saturated rings. The molecule has 0 unspecified atom stereocenters. The van der Waals surface area contributed by atoms with Crippen molar-refractivity contribution in [2.24, 2.45) is 0 Å². The van der Waals surface area contributed by atoms with Crippen LogP contribution in [0.25, 0.3) is 11.0 Å². The maximum Gasteiger partial charge on any atom is 0.323 e. The number of benzene rings is 1. The molecule has 1 heterocycles. The van der Waals surface area contributed by atoms with Gasteiger partial charge in [0.25, 0.3) is 0 Å². The minimum Gasteiger partial charge on any atom is -0.306 e. The SMILES string of the molecule is CCCNS(=O)(=O)c1cc2[nH]c(=O)[nH]c2cc1C. The Morgan fingerprint density at radius 2 is 1.83 bits per heavy atom. The lowest BCUT2D eigenvalue weighted by Crippen LogP contribution is -2.25. The van der Waals surface area contributed by atoms with Crippen LogP contribution in [0.2, 0.25) is 0 Å². The smallest absolute Gasteiger partial charge is 0.306 e. The molecule has 0 spiro atoms. The van der Waals surface area contributed by atoms with E-state index in [9.17, 15) is 13.2 Å². The van der Waals surface area contributed by atoms with E-state index in [1.165, 1.54) is 6.07 Å². The number of nitrogens with one attached hydrogen (secondary N) is 3. The van der Waals surface area contributed by atoms with Crippen molar-refractivity contribution in [1.29, 1.82) is 0 Å². The van der Waals surface area contributed by atoms with Gasteiger partial charge in [-0.3, -0.25) is 0 Å². The molecule has 2 aromatic rings. The van der Waals surface area contributed by atoms with Crippen molar-refractivity contribution in [3.8, 4) is 0 Å². The van der Waals surface area contributed by atoms with Gasteiger partial charge in [-0.25, -0.2) is 17.9 Å². The average molecular weight is 269 g/mol. The van der Waals surface area contributed by atoms with Gasteiger partial charge in [0.1, 0.15) is 0 Å². The van der Waals surface area contributed by atoms with Crippen LogP contribution in [-0.4, -0.2) is 24.9 Å². The van der Waals surface area contributed by atoms with E-state index >= 15 is 0 Å². The molecule has 0 aliphatic heterocycles. The number of aryl methyl sites for hydroxylation is 1. The number of aromatic amines is 2. The molecule has 3 N–H and O–H groups in total. The van der Waals surface area contributed by atoms with Crippen LogP contribution in [0.3, 0.4) is 0 Å². The molecule has 0 saturated carbocycles. The fraction of sp³-hybridized carbons (Fsp3) is 0.364. The molecular formula is C11H15N3O3S. The molecule has 0 aliphatic rings. The molecular weight excluding hydrogens is 254 g/mol. The maximum absolute atomic E-state index is 12.0. The Hall–Kier alpha value is -1.60. The number of sulfonamides is 1. The third kappa shape index (κ3) is 2.32. The summed E-state index contributed by atoms with van der Waals surface area (Å²) in [5, 5.41) is 0. The standard InChI is InChI=1S/C11H15N3O3S/c1-3-4-12-18(16,17)10-6-9-8(5-7(10)2)13-11(15)14-9/h5-6,12H,3-4H2,1-2H3,(H2,13,14,15). The van der Waals surface area contributed by atoms with Crippen molar-refractivity contribution in [2.75, 3.05) is 6.54 Å². The molecule has 6 nitrogen and oxygen atoms in total. The highest BCUT2D eigenvalue weighted by Crippen LogP contribution is 2.19. The minimum atomic E-state index is -3.52. The summed E-state index contributed by atoms with van der Waals surface area (Å²) in [7, 11) is -3.52. The molecule has 2 rings (SSSR count). The van der Waals surface area contributed by atoms with Gasteiger partial charge in [0, 0.05) is 6.54 Å². The zero-order valence-corrected chi connectivity index (χ0v) is 11.0. The largest absolute Gasteiger partial charge is 0.323 e. The Morgan fingerprint density at radius 1 is 1.22 bits per heavy atom. The van der Waals surface area contributed by atoms with E-state index < -0.39 is 10.0 Å². The van der Waals surface area contributed by atoms with Crippen LogP contribution in [-0.2, 0) is 10.0 Å². The van der Waals surface area contributed by atoms with Crippen LogP contribution in [0.1, 0.15) is 18.9 Å². The first-order valence-corrected chi connectivity index (χ1v) is 7.14. The van der Waals surface area contributed by atoms with Crippen molar-refractivity contribution in [1.82, 2.24) is 14.7 Å². The number of hydrogen-bond acceptors (Lipinski definition) is 3. The zero-order valence-electron chi connectivity index (χ0n) is 10.2. The van der Waals surface area contributed by atoms with Gasteiger partial charge in [0.15, 0.2) is 0 Å². The van der Waals surface area contributed by atoms with Gasteiger partial charge in [-0.05, 0) is 31.0 Å². The summed E-state index contributed by atoms with van der Waals surface area (Å²) in [6, 6.07) is 3.12. The van der Waals surface area contributed by atoms with Crippen molar-refractivity contribution in [3.63, 3.8) is 0 Å². The predicted molar refractivity (Wildman–Crippen MR) is 69.1 cm³/mol. The molecule has 0 bridgehead atoms. The summed E-state index contributed by atoms with van der Waals surface area (Å²) in [6.07, 6.45) is 0.724. The third-order valence-electron chi connectivity index (χ3n) is 2.64. The first-order valence-electron chi connectivity index (χ1n) is 5.66. The van der Waals surface area contributed by atoms with E-state index in [4.69, 9.17) is 0 Å². The van der Waals surface area contributed by atoms with E-state index in [2.05, 4.69) is 14.7 Å². The van der Waals surface area contributed by atoms with Crippen LogP contribution in [0.15, 0.2) is 21.8 Å². The van der Waals surface area contributed by atoms with Crippen LogP contribution >= 0.6 is 0 Å². The zero-order chi connectivity index (χ0) is 13.3. The van der Waals surface area contributed by atoms with Crippen molar-refractivity contribution in [3.05, 3.63) is 28.2 Å². The molecule has 98 valence electrons. The van der Waals surface area contributed by atoms with Gasteiger partial charge >= 0.3 is 5.69 Å². The van der Waals surface area contributed by atoms with Crippen molar-refractivity contribution in [2.45, 2.75) is 25.2 Å². The lowest BCUT2D eigenvalue weighted by atomic mass is 10.2. The van der Waals surface area contributed by atoms with Crippen LogP contribution in [0, 0.1) is 6.92 Å². The molecule has 1 aromatic carbocycles. The molecule has 0 saturated heterocycles. The second-order valence-electron chi connectivity index (χ2n) is 4.14. The number of imidazole rings is 1. The first kappa shape index (κ1) is 12.8. The van der Waals surface area contributed by atoms with E-state index in [1.807, 2.05) is 6.92 Å². The Kier molecular flexibility index (Phi) is 3.27. The van der Waals surface area contributed by atoms with Gasteiger partial charge in [0.05, 0.1) is 15.9 Å². The van der Waals surface area contributed by atoms with Crippen LogP contribution in [0.5, 0.6) is 0 Å². The highest BCUT2D eigenvalue weighted by molar-refractivity contribution is 7.89. The highest BCUT2D eigenvalue weighted by Gasteiger charge is 2.17. The van der Waals surface area contributed by atoms with Gasteiger partial charge in [-0.1, -0.05) is 6.92 Å². The van der Waals surface area contributed by atoms with Crippen LogP contribution in [0.4, 0.5) is 0 Å². The van der Waals surface area contributed by atoms with Crippen molar-refractivity contribution < 1.29 is 8.42 Å². The second kappa shape index (κ2) is 4.58. The quantitative estimate of drug-likeness (QED) is 0.768. The maximum atomic E-state index is 12.0. The fourth-order valence-corrected chi connectivity index (χ4v) is 3.16. The summed E-state index contributed by atoms with van der Waals surface area (Å²) in [6.45, 7) is 3.98. The summed E-state index contributed by atoms with van der Waals surface area (Å²) < 4.78 is 26.6. The predicted octanol–water partition coefficient (Wildman–Crippen LogP) is 0.853. The first-order chi connectivity index (χ1) is 8.44. The van der Waals surface area contributed by atoms with E-state index in [1.54, 1.807) is 13.0 Å². The number of hydrogen-bond donors (Lipinski definition) is 3. The second-order valence-corrected chi connectivity index (χ2v) is 5.88. The fourth-order valence-electron chi connectivity index (χ4n) is 1.77. The van der Waals surface area contributed by atoms with Gasteiger partial charge < -0.3 is 9.97 Å². The molecule has 1 aromatic heterocycles. The van der Waals surface area contributed by atoms with E-state index in [-0.39, 0.29) is 10.6 Å². The molecule has 0 atom stereocenters. The molecule has 7 heteroatoms. The van der Waals surface area contributed by atoms with Gasteiger partial charge in [-0.2, -0.15) is 0 Å². The Labute approximate surface area is 104 Å². The topological polar surface area (TPSA) is 94.8 Å². The molecule has 0 radical (unpaired) electrons. The lowest BCUT2D eigenvalue weighted by molar-refractivity contribution is 0.580. The summed E-state index contributed by atoms with van der Waals surface area (Å²) >= 11 is 0.